The number of ether oxygens (including phenoxy) is 1. The molecule has 1 saturated heterocycles. The van der Waals surface area contributed by atoms with Gasteiger partial charge in [0, 0.05) is 6.20 Å². The number of nitrogens with two attached hydrogens (primary N) is 1. The highest BCUT2D eigenvalue weighted by Crippen LogP contribution is 2.37. The minimum Gasteiger partial charge on any atom is -0.415 e. The van der Waals surface area contributed by atoms with Gasteiger partial charge in [-0.05, 0) is 25.2 Å². The Labute approximate surface area is 179 Å². The van der Waals surface area contributed by atoms with Gasteiger partial charge >= 0.3 is 5.69 Å². The fraction of sp³-hybridized carbons (Fsp3) is 0.714. The standard InChI is InChI=1S/C21H35N3O5Si/c1-5-7-8-9-10-11-14-30(3,4)28-15-16-21(27,6-2)18(25)19(29-16)24-13-12-17(22)23-20(24)26/h2,12-13,16,18-19,25,27H,5,7-11,14-15H2,1,3-4H3,(H2,22,23,26)/t16-,18+,19-,21-/m1/s1. The van der Waals surface area contributed by atoms with Crippen LogP contribution in [0.2, 0.25) is 19.1 Å². The molecule has 30 heavy (non-hydrogen) atoms. The average molecular weight is 438 g/mol. The fourth-order valence-electron chi connectivity index (χ4n) is 3.64. The second-order valence-electron chi connectivity index (χ2n) is 8.56. The lowest BCUT2D eigenvalue weighted by molar-refractivity contribution is -0.0591. The molecule has 2 heterocycles. The van der Waals surface area contributed by atoms with Crippen LogP contribution in [0, 0.1) is 12.3 Å². The van der Waals surface area contributed by atoms with E-state index in [4.69, 9.17) is 21.3 Å². The van der Waals surface area contributed by atoms with Crippen LogP contribution in [0.5, 0.6) is 0 Å². The summed E-state index contributed by atoms with van der Waals surface area (Å²) in [5, 5.41) is 21.5. The number of aliphatic hydroxyl groups excluding tert-OH is 1. The third-order valence-corrected chi connectivity index (χ3v) is 8.14. The van der Waals surface area contributed by atoms with Crippen LogP contribution < -0.4 is 11.4 Å². The minimum absolute atomic E-state index is 0.0421. The predicted molar refractivity (Wildman–Crippen MR) is 118 cm³/mol. The van der Waals surface area contributed by atoms with E-state index in [0.717, 1.165) is 17.0 Å². The topological polar surface area (TPSA) is 120 Å². The van der Waals surface area contributed by atoms with E-state index < -0.39 is 38.0 Å². The van der Waals surface area contributed by atoms with Crippen LogP contribution in [0.3, 0.4) is 0 Å². The first kappa shape index (κ1) is 24.6. The van der Waals surface area contributed by atoms with E-state index in [2.05, 4.69) is 30.9 Å². The van der Waals surface area contributed by atoms with Crippen LogP contribution in [0.1, 0.15) is 51.7 Å². The van der Waals surface area contributed by atoms with Gasteiger partial charge in [-0.1, -0.05) is 51.4 Å². The Bertz CT molecular complexity index is 794. The van der Waals surface area contributed by atoms with Crippen molar-refractivity contribution in [3.05, 3.63) is 22.7 Å². The summed E-state index contributed by atoms with van der Waals surface area (Å²) in [6.07, 6.45) is 10.5. The normalized spacial score (nSPS) is 26.6. The number of unbranched alkanes of at least 4 members (excludes halogenated alkanes) is 5. The predicted octanol–water partition coefficient (Wildman–Crippen LogP) is 2.03. The van der Waals surface area contributed by atoms with E-state index in [1.54, 1.807) is 0 Å². The Morgan fingerprint density at radius 1 is 1.37 bits per heavy atom. The summed E-state index contributed by atoms with van der Waals surface area (Å²) in [6, 6.07) is 2.40. The van der Waals surface area contributed by atoms with Crippen LogP contribution in [0.25, 0.3) is 0 Å². The van der Waals surface area contributed by atoms with Crippen molar-refractivity contribution >= 4 is 14.1 Å². The number of hydrogen-bond donors (Lipinski definition) is 3. The molecule has 4 atom stereocenters. The molecule has 168 valence electrons. The number of anilines is 1. The molecule has 1 aliphatic rings. The number of nitrogen functional groups attached to an aromatic ring is 1. The summed E-state index contributed by atoms with van der Waals surface area (Å²) in [4.78, 5) is 15.8. The van der Waals surface area contributed by atoms with Gasteiger partial charge in [-0.25, -0.2) is 4.79 Å². The average Bonchev–Trinajstić information content (AvgIpc) is 2.94. The maximum atomic E-state index is 12.1. The first-order chi connectivity index (χ1) is 14.1. The van der Waals surface area contributed by atoms with Crippen molar-refractivity contribution < 1.29 is 19.4 Å². The molecule has 0 saturated carbocycles. The first-order valence-electron chi connectivity index (χ1n) is 10.7. The lowest BCUT2D eigenvalue weighted by Crippen LogP contribution is -2.49. The Morgan fingerprint density at radius 2 is 2.03 bits per heavy atom. The zero-order valence-electron chi connectivity index (χ0n) is 18.2. The summed E-state index contributed by atoms with van der Waals surface area (Å²) in [7, 11) is -2.00. The van der Waals surface area contributed by atoms with Crippen molar-refractivity contribution in [2.45, 2.75) is 88.6 Å². The van der Waals surface area contributed by atoms with E-state index in [9.17, 15) is 15.0 Å². The second kappa shape index (κ2) is 10.6. The Balaban J connectivity index is 1.99. The molecule has 8 nitrogen and oxygen atoms in total. The third-order valence-electron chi connectivity index (χ3n) is 5.63. The highest BCUT2D eigenvalue weighted by molar-refractivity contribution is 6.71. The Kier molecular flexibility index (Phi) is 8.64. The summed E-state index contributed by atoms with van der Waals surface area (Å²) < 4.78 is 13.0. The van der Waals surface area contributed by atoms with Crippen LogP contribution in [0.4, 0.5) is 5.82 Å². The van der Waals surface area contributed by atoms with Gasteiger partial charge in [0.15, 0.2) is 20.1 Å². The molecule has 0 aromatic carbocycles. The molecule has 1 aromatic heterocycles. The highest BCUT2D eigenvalue weighted by atomic mass is 28.4. The lowest BCUT2D eigenvalue weighted by Gasteiger charge is -2.29. The smallest absolute Gasteiger partial charge is 0.351 e. The van der Waals surface area contributed by atoms with Gasteiger partial charge in [0.25, 0.3) is 0 Å². The summed E-state index contributed by atoms with van der Waals surface area (Å²) in [5.74, 6) is 2.29. The molecular formula is C21H35N3O5Si. The molecular weight excluding hydrogens is 402 g/mol. The van der Waals surface area contributed by atoms with Crippen molar-refractivity contribution in [3.63, 3.8) is 0 Å². The number of rotatable bonds is 11. The van der Waals surface area contributed by atoms with Crippen LogP contribution >= 0.6 is 0 Å². The molecule has 4 N–H and O–H groups in total. The van der Waals surface area contributed by atoms with Gasteiger partial charge in [0.1, 0.15) is 18.0 Å². The quantitative estimate of drug-likeness (QED) is 0.275. The zero-order valence-corrected chi connectivity index (χ0v) is 19.2. The van der Waals surface area contributed by atoms with E-state index in [1.807, 2.05) is 0 Å². The maximum Gasteiger partial charge on any atom is 0.351 e. The first-order valence-corrected chi connectivity index (χ1v) is 13.8. The molecule has 1 aromatic rings. The van der Waals surface area contributed by atoms with Crippen molar-refractivity contribution in [2.75, 3.05) is 12.3 Å². The van der Waals surface area contributed by atoms with Crippen molar-refractivity contribution in [3.8, 4) is 12.3 Å². The summed E-state index contributed by atoms with van der Waals surface area (Å²) >= 11 is 0. The van der Waals surface area contributed by atoms with Crippen LogP contribution in [0.15, 0.2) is 17.1 Å². The summed E-state index contributed by atoms with van der Waals surface area (Å²) in [5.41, 5.74) is 2.84. The molecule has 0 unspecified atom stereocenters. The van der Waals surface area contributed by atoms with Gasteiger partial charge in [0.2, 0.25) is 0 Å². The monoisotopic (exact) mass is 437 g/mol. The number of aromatic nitrogens is 2. The number of nitrogens with zero attached hydrogens (tertiary/aromatic N) is 2. The van der Waals surface area contributed by atoms with Gasteiger partial charge in [0.05, 0.1) is 6.61 Å². The Morgan fingerprint density at radius 3 is 2.67 bits per heavy atom. The van der Waals surface area contributed by atoms with Gasteiger partial charge < -0.3 is 25.1 Å². The van der Waals surface area contributed by atoms with Gasteiger partial charge in [-0.2, -0.15) is 4.98 Å². The molecule has 1 aliphatic heterocycles. The van der Waals surface area contributed by atoms with Crippen LogP contribution in [-0.2, 0) is 9.16 Å². The molecule has 0 spiro atoms. The number of hydrogen-bond acceptors (Lipinski definition) is 7. The minimum atomic E-state index is -2.00. The molecule has 2 rings (SSSR count). The second-order valence-corrected chi connectivity index (χ2v) is 12.9. The van der Waals surface area contributed by atoms with Crippen LogP contribution in [-0.4, -0.2) is 52.5 Å². The maximum absolute atomic E-state index is 12.1. The third kappa shape index (κ3) is 5.92. The van der Waals surface area contributed by atoms with Crippen molar-refractivity contribution in [1.82, 2.24) is 9.55 Å². The summed E-state index contributed by atoms with van der Waals surface area (Å²) in [6.45, 7) is 6.48. The molecule has 0 bridgehead atoms. The zero-order chi connectivity index (χ0) is 22.4. The lowest BCUT2D eigenvalue weighted by atomic mass is 9.93. The van der Waals surface area contributed by atoms with E-state index in [-0.39, 0.29) is 12.4 Å². The molecule has 0 radical (unpaired) electrons. The van der Waals surface area contributed by atoms with Crippen molar-refractivity contribution in [1.29, 1.82) is 0 Å². The van der Waals surface area contributed by atoms with E-state index >= 15 is 0 Å². The molecule has 1 fully saturated rings. The van der Waals surface area contributed by atoms with E-state index in [0.29, 0.717) is 0 Å². The SMILES string of the molecule is C#C[C@@]1(O)[C@@H](CO[Si](C)(C)CCCCCCCC)O[C@@H](n2ccc(N)nc2=O)[C@@H]1O. The molecule has 9 heteroatoms. The Hall–Kier alpha value is -1.70. The largest absolute Gasteiger partial charge is 0.415 e. The number of terminal acetylenes is 1. The van der Waals surface area contributed by atoms with Gasteiger partial charge in [-0.3, -0.25) is 4.57 Å². The van der Waals surface area contributed by atoms with E-state index in [1.165, 1.54) is 44.4 Å². The fourth-order valence-corrected chi connectivity index (χ4v) is 5.49. The van der Waals surface area contributed by atoms with Gasteiger partial charge in [-0.15, -0.1) is 6.42 Å². The molecule has 0 amide bonds. The number of aliphatic hydroxyl groups is 2. The van der Waals surface area contributed by atoms with Crippen molar-refractivity contribution in [2.24, 2.45) is 0 Å². The highest BCUT2D eigenvalue weighted by Gasteiger charge is 2.55. The molecule has 0 aliphatic carbocycles.